The lowest BCUT2D eigenvalue weighted by Gasteiger charge is -2.34. The highest BCUT2D eigenvalue weighted by atomic mass is 16.6. The van der Waals surface area contributed by atoms with E-state index in [0.29, 0.717) is 39.3 Å². The van der Waals surface area contributed by atoms with Crippen molar-refractivity contribution in [3.8, 4) is 0 Å². The van der Waals surface area contributed by atoms with E-state index in [0.717, 1.165) is 6.42 Å². The van der Waals surface area contributed by atoms with Gasteiger partial charge in [-0.25, -0.2) is 4.79 Å². The van der Waals surface area contributed by atoms with E-state index in [1.807, 2.05) is 13.8 Å². The first-order chi connectivity index (χ1) is 12.6. The molecule has 0 aliphatic carbocycles. The second kappa shape index (κ2) is 8.91. The van der Waals surface area contributed by atoms with Crippen LogP contribution in [-0.2, 0) is 19.1 Å². The van der Waals surface area contributed by atoms with E-state index in [2.05, 4.69) is 5.32 Å². The van der Waals surface area contributed by atoms with Crippen molar-refractivity contribution in [1.82, 2.24) is 15.1 Å². The molecule has 0 aromatic carbocycles. The molecule has 2 saturated heterocycles. The number of nitrogens with zero attached hydrogens (tertiary/aromatic N) is 2. The van der Waals surface area contributed by atoms with Crippen molar-refractivity contribution in [2.24, 2.45) is 5.92 Å². The lowest BCUT2D eigenvalue weighted by Crippen LogP contribution is -2.57. The second-order valence-corrected chi connectivity index (χ2v) is 8.50. The van der Waals surface area contributed by atoms with Crippen molar-refractivity contribution >= 4 is 17.9 Å². The molecule has 2 aliphatic heterocycles. The van der Waals surface area contributed by atoms with Crippen LogP contribution < -0.4 is 5.32 Å². The summed E-state index contributed by atoms with van der Waals surface area (Å²) in [6.07, 6.45) is 0.813. The number of likely N-dealkylation sites (tertiary alicyclic amines) is 1. The first kappa shape index (κ1) is 21.5. The van der Waals surface area contributed by atoms with Crippen LogP contribution >= 0.6 is 0 Å². The van der Waals surface area contributed by atoms with Crippen LogP contribution in [0.3, 0.4) is 0 Å². The number of alkyl carbamates (subject to hydrolysis) is 1. The molecule has 2 aliphatic rings. The van der Waals surface area contributed by atoms with Crippen LogP contribution in [0, 0.1) is 5.92 Å². The van der Waals surface area contributed by atoms with Gasteiger partial charge in [-0.05, 0) is 39.5 Å². The SMILES string of the molecule is CC(C)C(NC(=O)OC(C)(C)C)C(=O)N1CCCC1C(=O)N1CCOCC1. The molecule has 0 spiro atoms. The summed E-state index contributed by atoms with van der Waals surface area (Å²) in [7, 11) is 0. The Morgan fingerprint density at radius 3 is 2.30 bits per heavy atom. The molecule has 0 aromatic heterocycles. The molecule has 1 N–H and O–H groups in total. The highest BCUT2D eigenvalue weighted by Gasteiger charge is 2.40. The summed E-state index contributed by atoms with van der Waals surface area (Å²) in [5, 5.41) is 2.69. The summed E-state index contributed by atoms with van der Waals surface area (Å²) in [6, 6.07) is -1.18. The minimum Gasteiger partial charge on any atom is -0.444 e. The van der Waals surface area contributed by atoms with Crippen LogP contribution in [-0.4, -0.2) is 78.2 Å². The summed E-state index contributed by atoms with van der Waals surface area (Å²) >= 11 is 0. The maximum Gasteiger partial charge on any atom is 0.408 e. The predicted molar refractivity (Wildman–Crippen MR) is 100 cm³/mol. The molecule has 0 radical (unpaired) electrons. The number of ether oxygens (including phenoxy) is 2. The van der Waals surface area contributed by atoms with Crippen molar-refractivity contribution in [1.29, 1.82) is 0 Å². The normalized spacial score (nSPS) is 21.9. The molecule has 27 heavy (non-hydrogen) atoms. The fourth-order valence-electron chi connectivity index (χ4n) is 3.41. The third-order valence-corrected chi connectivity index (χ3v) is 4.75. The largest absolute Gasteiger partial charge is 0.444 e. The zero-order valence-electron chi connectivity index (χ0n) is 17.1. The van der Waals surface area contributed by atoms with Gasteiger partial charge in [0.25, 0.3) is 0 Å². The van der Waals surface area contributed by atoms with Gasteiger partial charge < -0.3 is 24.6 Å². The number of morpholine rings is 1. The summed E-state index contributed by atoms with van der Waals surface area (Å²) in [5.74, 6) is -0.367. The van der Waals surface area contributed by atoms with Crippen molar-refractivity contribution in [2.75, 3.05) is 32.8 Å². The van der Waals surface area contributed by atoms with Crippen LogP contribution in [0.25, 0.3) is 0 Å². The molecule has 0 bridgehead atoms. The minimum absolute atomic E-state index is 0.0241. The zero-order chi connectivity index (χ0) is 20.2. The Morgan fingerprint density at radius 1 is 1.11 bits per heavy atom. The molecule has 2 fully saturated rings. The number of carbonyl (C=O) groups excluding carboxylic acids is 3. The highest BCUT2D eigenvalue weighted by Crippen LogP contribution is 2.22. The maximum atomic E-state index is 13.1. The fraction of sp³-hybridized carbons (Fsp3) is 0.842. The molecule has 0 aromatic rings. The Morgan fingerprint density at radius 2 is 1.74 bits per heavy atom. The molecule has 154 valence electrons. The van der Waals surface area contributed by atoms with Crippen LogP contribution in [0.2, 0.25) is 0 Å². The topological polar surface area (TPSA) is 88.2 Å². The number of nitrogens with one attached hydrogen (secondary N) is 1. The molecular weight excluding hydrogens is 350 g/mol. The zero-order valence-corrected chi connectivity index (χ0v) is 17.1. The molecule has 8 nitrogen and oxygen atoms in total. The molecule has 8 heteroatoms. The van der Waals surface area contributed by atoms with Crippen LogP contribution in [0.15, 0.2) is 0 Å². The van der Waals surface area contributed by atoms with E-state index in [1.54, 1.807) is 30.6 Å². The standard InChI is InChI=1S/C19H33N3O5/c1-13(2)15(20-18(25)27-19(3,4)5)17(24)22-8-6-7-14(22)16(23)21-9-11-26-12-10-21/h13-15H,6-12H2,1-5H3,(H,20,25). The molecule has 2 unspecified atom stereocenters. The van der Waals surface area contributed by atoms with E-state index >= 15 is 0 Å². The smallest absolute Gasteiger partial charge is 0.408 e. The van der Waals surface area contributed by atoms with Crippen LogP contribution in [0.5, 0.6) is 0 Å². The first-order valence-electron chi connectivity index (χ1n) is 9.76. The van der Waals surface area contributed by atoms with E-state index in [-0.39, 0.29) is 17.7 Å². The highest BCUT2D eigenvalue weighted by molar-refractivity contribution is 5.92. The van der Waals surface area contributed by atoms with Gasteiger partial charge in [-0.1, -0.05) is 13.8 Å². The van der Waals surface area contributed by atoms with E-state index in [4.69, 9.17) is 9.47 Å². The van der Waals surface area contributed by atoms with E-state index in [1.165, 1.54) is 0 Å². The van der Waals surface area contributed by atoms with Gasteiger partial charge in [0.1, 0.15) is 17.7 Å². The Balaban J connectivity index is 2.06. The molecule has 2 atom stereocenters. The Bertz CT molecular complexity index is 552. The lowest BCUT2D eigenvalue weighted by molar-refractivity contribution is -0.147. The maximum absolute atomic E-state index is 13.1. The number of amides is 3. The third-order valence-electron chi connectivity index (χ3n) is 4.75. The van der Waals surface area contributed by atoms with Gasteiger partial charge in [0.15, 0.2) is 0 Å². The van der Waals surface area contributed by atoms with Crippen LogP contribution in [0.1, 0.15) is 47.5 Å². The van der Waals surface area contributed by atoms with Gasteiger partial charge in [0, 0.05) is 19.6 Å². The summed E-state index contributed by atoms with van der Waals surface area (Å²) < 4.78 is 10.6. The Kier molecular flexibility index (Phi) is 7.08. The van der Waals surface area contributed by atoms with Gasteiger partial charge in [0.2, 0.25) is 11.8 Å². The average Bonchev–Trinajstić information content (AvgIpc) is 3.07. The summed E-state index contributed by atoms with van der Waals surface area (Å²) in [6.45, 7) is 11.8. The quantitative estimate of drug-likeness (QED) is 0.792. The predicted octanol–water partition coefficient (Wildman–Crippen LogP) is 1.39. The Labute approximate surface area is 161 Å². The van der Waals surface area contributed by atoms with Gasteiger partial charge in [0.05, 0.1) is 13.2 Å². The third kappa shape index (κ3) is 5.82. The van der Waals surface area contributed by atoms with Gasteiger partial charge in [-0.15, -0.1) is 0 Å². The van der Waals surface area contributed by atoms with E-state index in [9.17, 15) is 14.4 Å². The monoisotopic (exact) mass is 383 g/mol. The summed E-state index contributed by atoms with van der Waals surface area (Å²) in [5.41, 5.74) is -0.642. The second-order valence-electron chi connectivity index (χ2n) is 8.50. The van der Waals surface area contributed by atoms with Crippen molar-refractivity contribution in [3.05, 3.63) is 0 Å². The van der Waals surface area contributed by atoms with E-state index < -0.39 is 23.8 Å². The molecule has 2 rings (SSSR count). The number of carbonyl (C=O) groups is 3. The van der Waals surface area contributed by atoms with Crippen molar-refractivity contribution in [2.45, 2.75) is 65.1 Å². The minimum atomic E-state index is -0.724. The number of hydrogen-bond donors (Lipinski definition) is 1. The molecular formula is C19H33N3O5. The van der Waals surface area contributed by atoms with Crippen molar-refractivity contribution in [3.63, 3.8) is 0 Å². The average molecular weight is 383 g/mol. The van der Waals surface area contributed by atoms with Crippen molar-refractivity contribution < 1.29 is 23.9 Å². The Hall–Kier alpha value is -1.83. The number of hydrogen-bond acceptors (Lipinski definition) is 5. The first-order valence-corrected chi connectivity index (χ1v) is 9.76. The lowest BCUT2D eigenvalue weighted by atomic mass is 10.0. The fourth-order valence-corrected chi connectivity index (χ4v) is 3.41. The molecule has 3 amide bonds. The molecule has 0 saturated carbocycles. The van der Waals surface area contributed by atoms with Gasteiger partial charge in [-0.3, -0.25) is 9.59 Å². The van der Waals surface area contributed by atoms with Crippen LogP contribution in [0.4, 0.5) is 4.79 Å². The molecule has 2 heterocycles. The number of rotatable bonds is 4. The van der Waals surface area contributed by atoms with Gasteiger partial charge in [-0.2, -0.15) is 0 Å². The summed E-state index contributed by atoms with van der Waals surface area (Å²) in [4.78, 5) is 41.6. The van der Waals surface area contributed by atoms with Gasteiger partial charge >= 0.3 is 6.09 Å².